The third-order valence-electron chi connectivity index (χ3n) is 4.82. The summed E-state index contributed by atoms with van der Waals surface area (Å²) in [6, 6.07) is 13.2. The minimum Gasteiger partial charge on any atom is -0.465 e. The van der Waals surface area contributed by atoms with Crippen molar-refractivity contribution < 1.29 is 31.1 Å². The van der Waals surface area contributed by atoms with Gasteiger partial charge in [-0.1, -0.05) is 41.9 Å². The van der Waals surface area contributed by atoms with Crippen molar-refractivity contribution in [3.63, 3.8) is 0 Å². The van der Waals surface area contributed by atoms with Gasteiger partial charge in [0.2, 0.25) is 0 Å². The number of carbonyl (C=O) groups is 1. The first-order chi connectivity index (χ1) is 15.5. The number of hydrogen-bond donors (Lipinski definition) is 0. The van der Waals surface area contributed by atoms with Gasteiger partial charge in [-0.05, 0) is 42.8 Å². The fourth-order valence-electron chi connectivity index (χ4n) is 3.11. The predicted octanol–water partition coefficient (Wildman–Crippen LogP) is 5.50. The Morgan fingerprint density at radius 1 is 1.09 bits per heavy atom. The van der Waals surface area contributed by atoms with E-state index in [-0.39, 0.29) is 16.3 Å². The summed E-state index contributed by atoms with van der Waals surface area (Å²) in [5, 5.41) is -0.484. The maximum atomic E-state index is 13.6. The molecule has 1 heterocycles. The average Bonchev–Trinajstić information content (AvgIpc) is 2.79. The van der Waals surface area contributed by atoms with E-state index in [0.717, 1.165) is 4.31 Å². The van der Waals surface area contributed by atoms with E-state index in [0.29, 0.717) is 17.8 Å². The number of rotatable bonds is 6. The van der Waals surface area contributed by atoms with Crippen molar-refractivity contribution in [3.8, 4) is 0 Å². The van der Waals surface area contributed by atoms with E-state index in [1.807, 2.05) is 0 Å². The van der Waals surface area contributed by atoms with Gasteiger partial charge in [0, 0.05) is 6.20 Å². The third kappa shape index (κ3) is 5.12. The second-order valence-electron chi connectivity index (χ2n) is 6.93. The number of hydrogen-bond acceptors (Lipinski definition) is 5. The number of carbonyl (C=O) groups excluding carboxylic acids is 1. The highest BCUT2D eigenvalue weighted by Crippen LogP contribution is 2.39. The van der Waals surface area contributed by atoms with E-state index in [1.54, 1.807) is 37.3 Å². The number of benzene rings is 2. The number of anilines is 1. The summed E-state index contributed by atoms with van der Waals surface area (Å²) in [5.41, 5.74) is -0.418. The normalized spacial score (nSPS) is 12.8. The first kappa shape index (κ1) is 24.5. The van der Waals surface area contributed by atoms with Crippen LogP contribution >= 0.6 is 11.6 Å². The lowest BCUT2D eigenvalue weighted by Crippen LogP contribution is -2.34. The summed E-state index contributed by atoms with van der Waals surface area (Å²) in [6.07, 6.45) is -4.17. The highest BCUT2D eigenvalue weighted by atomic mass is 35.5. The number of aromatic nitrogens is 1. The van der Waals surface area contributed by atoms with Gasteiger partial charge < -0.3 is 4.74 Å². The quantitative estimate of drug-likeness (QED) is 0.420. The van der Waals surface area contributed by atoms with Gasteiger partial charge in [0.05, 0.1) is 34.2 Å². The minimum absolute atomic E-state index is 0.129. The zero-order valence-corrected chi connectivity index (χ0v) is 18.9. The molecule has 11 heteroatoms. The zero-order valence-electron chi connectivity index (χ0n) is 17.4. The van der Waals surface area contributed by atoms with Crippen LogP contribution in [0.15, 0.2) is 71.8 Å². The number of nitrogens with zero attached hydrogens (tertiary/aromatic N) is 2. The number of sulfonamides is 1. The van der Waals surface area contributed by atoms with Crippen LogP contribution < -0.4 is 4.31 Å². The van der Waals surface area contributed by atoms with E-state index >= 15 is 0 Å². The van der Waals surface area contributed by atoms with E-state index in [2.05, 4.69) is 9.72 Å². The molecule has 0 aliphatic rings. The van der Waals surface area contributed by atoms with Crippen molar-refractivity contribution in [2.45, 2.75) is 24.0 Å². The Balaban J connectivity index is 2.16. The van der Waals surface area contributed by atoms with Crippen molar-refractivity contribution in [2.75, 3.05) is 11.4 Å². The fourth-order valence-corrected chi connectivity index (χ4v) is 5.04. The number of alkyl halides is 3. The number of pyridine rings is 1. The highest BCUT2D eigenvalue weighted by molar-refractivity contribution is 7.92. The molecule has 6 nitrogen and oxygen atoms in total. The maximum Gasteiger partial charge on any atom is 0.417 e. The van der Waals surface area contributed by atoms with Gasteiger partial charge in [-0.3, -0.25) is 0 Å². The van der Waals surface area contributed by atoms with Crippen LogP contribution in [0.4, 0.5) is 19.0 Å². The summed E-state index contributed by atoms with van der Waals surface area (Å²) in [4.78, 5) is 15.2. The Bertz CT molecular complexity index is 1250. The molecule has 0 spiro atoms. The number of ether oxygens (including phenoxy) is 1. The second kappa shape index (κ2) is 9.40. The van der Waals surface area contributed by atoms with Crippen LogP contribution in [0, 0.1) is 0 Å². The summed E-state index contributed by atoms with van der Waals surface area (Å²) >= 11 is 6.11. The van der Waals surface area contributed by atoms with Crippen molar-refractivity contribution in [2.24, 2.45) is 0 Å². The summed E-state index contributed by atoms with van der Waals surface area (Å²) in [7, 11) is -3.18. The molecule has 0 bridgehead atoms. The standard InChI is InChI=1S/C22H18ClF3N2O4S/c1-14(15-6-4-3-5-7-15)28(20-19(23)12-17(13-27-20)22(24,25)26)33(30,31)18-10-8-16(9-11-18)21(29)32-2/h3-14H,1-2H3/t14-/m0/s1. The van der Waals surface area contributed by atoms with E-state index < -0.39 is 38.8 Å². The van der Waals surface area contributed by atoms with E-state index in [4.69, 9.17) is 11.6 Å². The molecule has 1 aromatic heterocycles. The van der Waals surface area contributed by atoms with Crippen LogP contribution in [-0.2, 0) is 20.9 Å². The Morgan fingerprint density at radius 3 is 2.21 bits per heavy atom. The van der Waals surface area contributed by atoms with Crippen molar-refractivity contribution in [1.82, 2.24) is 4.98 Å². The topological polar surface area (TPSA) is 76.6 Å². The highest BCUT2D eigenvalue weighted by Gasteiger charge is 2.36. The van der Waals surface area contributed by atoms with Crippen LogP contribution in [0.1, 0.15) is 34.5 Å². The van der Waals surface area contributed by atoms with Crippen molar-refractivity contribution in [1.29, 1.82) is 0 Å². The lowest BCUT2D eigenvalue weighted by molar-refractivity contribution is -0.137. The fraction of sp³-hybridized carbons (Fsp3) is 0.182. The molecular weight excluding hydrogens is 481 g/mol. The molecule has 0 saturated carbocycles. The molecule has 0 amide bonds. The van der Waals surface area contributed by atoms with Crippen LogP contribution in [0.5, 0.6) is 0 Å². The van der Waals surface area contributed by atoms with Gasteiger partial charge in [0.1, 0.15) is 0 Å². The Hall–Kier alpha value is -3.11. The lowest BCUT2D eigenvalue weighted by atomic mass is 10.1. The SMILES string of the molecule is COC(=O)c1ccc(S(=O)(=O)N(c2ncc(C(F)(F)F)cc2Cl)[C@@H](C)c2ccccc2)cc1. The van der Waals surface area contributed by atoms with Gasteiger partial charge in [-0.25, -0.2) is 22.5 Å². The largest absolute Gasteiger partial charge is 0.465 e. The molecule has 3 rings (SSSR count). The first-order valence-electron chi connectivity index (χ1n) is 9.47. The summed E-state index contributed by atoms with van der Waals surface area (Å²) < 4.78 is 72.0. The molecule has 0 saturated heterocycles. The molecule has 3 aromatic rings. The molecule has 1 atom stereocenters. The lowest BCUT2D eigenvalue weighted by Gasteiger charge is -2.30. The Labute approximate surface area is 193 Å². The van der Waals surface area contributed by atoms with Crippen molar-refractivity contribution >= 4 is 33.4 Å². The summed E-state index contributed by atoms with van der Waals surface area (Å²) in [6.45, 7) is 1.56. The number of methoxy groups -OCH3 is 1. The van der Waals surface area contributed by atoms with Crippen LogP contribution in [0.25, 0.3) is 0 Å². The molecular formula is C22H18ClF3N2O4S. The van der Waals surface area contributed by atoms with Crippen molar-refractivity contribution in [3.05, 3.63) is 88.6 Å². The molecule has 2 aromatic carbocycles. The zero-order chi connectivity index (χ0) is 24.4. The molecule has 0 aliphatic carbocycles. The van der Waals surface area contributed by atoms with Gasteiger partial charge in [-0.2, -0.15) is 13.2 Å². The molecule has 174 valence electrons. The Kier molecular flexibility index (Phi) is 6.99. The first-order valence-corrected chi connectivity index (χ1v) is 11.3. The monoisotopic (exact) mass is 498 g/mol. The molecule has 0 radical (unpaired) electrons. The van der Waals surface area contributed by atoms with Gasteiger partial charge in [0.25, 0.3) is 10.0 Å². The summed E-state index contributed by atoms with van der Waals surface area (Å²) in [5.74, 6) is -1.01. The average molecular weight is 499 g/mol. The number of esters is 1. The van der Waals surface area contributed by atoms with Gasteiger partial charge in [-0.15, -0.1) is 0 Å². The van der Waals surface area contributed by atoms with Crippen LogP contribution in [0.3, 0.4) is 0 Å². The second-order valence-corrected chi connectivity index (χ2v) is 9.15. The van der Waals surface area contributed by atoms with E-state index in [9.17, 15) is 26.4 Å². The van der Waals surface area contributed by atoms with Crippen LogP contribution in [-0.4, -0.2) is 26.5 Å². The predicted molar refractivity (Wildman–Crippen MR) is 117 cm³/mol. The maximum absolute atomic E-state index is 13.6. The Morgan fingerprint density at radius 2 is 1.70 bits per heavy atom. The smallest absolute Gasteiger partial charge is 0.417 e. The third-order valence-corrected chi connectivity index (χ3v) is 6.98. The van der Waals surface area contributed by atoms with E-state index in [1.165, 1.54) is 31.4 Å². The number of halogens is 4. The minimum atomic E-state index is -4.70. The molecule has 0 fully saturated rings. The van der Waals surface area contributed by atoms with Gasteiger partial charge >= 0.3 is 12.1 Å². The molecule has 0 aliphatic heterocycles. The molecule has 0 N–H and O–H groups in total. The molecule has 0 unspecified atom stereocenters. The van der Waals surface area contributed by atoms with Crippen LogP contribution in [0.2, 0.25) is 5.02 Å². The molecule has 33 heavy (non-hydrogen) atoms. The van der Waals surface area contributed by atoms with Gasteiger partial charge in [0.15, 0.2) is 5.82 Å².